The van der Waals surface area contributed by atoms with Gasteiger partial charge in [-0.2, -0.15) is 0 Å². The molecule has 0 aromatic heterocycles. The highest BCUT2D eigenvalue weighted by Gasteiger charge is 2.23. The molecule has 0 unspecified atom stereocenters. The third kappa shape index (κ3) is 2.26. The van der Waals surface area contributed by atoms with Crippen LogP contribution < -0.4 is 0 Å². The predicted octanol–water partition coefficient (Wildman–Crippen LogP) is 3.82. The van der Waals surface area contributed by atoms with Crippen molar-refractivity contribution in [3.63, 3.8) is 0 Å². The van der Waals surface area contributed by atoms with Gasteiger partial charge >= 0.3 is 0 Å². The second-order valence-electron chi connectivity index (χ2n) is 2.31. The highest BCUT2D eigenvalue weighted by Crippen LogP contribution is 2.39. The topological polar surface area (TPSA) is 0 Å². The molecular formula is C8H7Cl3. The lowest BCUT2D eigenvalue weighted by molar-refractivity contribution is 1.19. The summed E-state index contributed by atoms with van der Waals surface area (Å²) < 4.78 is -1.30. The van der Waals surface area contributed by atoms with E-state index in [-0.39, 0.29) is 0 Å². The minimum absolute atomic E-state index is 0.741. The maximum absolute atomic E-state index is 5.69. The van der Waals surface area contributed by atoms with Gasteiger partial charge in [-0.3, -0.25) is 0 Å². The van der Waals surface area contributed by atoms with E-state index in [0.29, 0.717) is 0 Å². The Morgan fingerprint density at radius 1 is 1.09 bits per heavy atom. The normalized spacial score (nSPS) is 11.6. The summed E-state index contributed by atoms with van der Waals surface area (Å²) in [5.74, 6) is 0. The van der Waals surface area contributed by atoms with Gasteiger partial charge in [-0.05, 0) is 12.5 Å². The molecule has 3 heteroatoms. The van der Waals surface area contributed by atoms with E-state index in [4.69, 9.17) is 34.8 Å². The molecule has 1 aromatic carbocycles. The highest BCUT2D eigenvalue weighted by atomic mass is 35.6. The molecule has 1 rings (SSSR count). The van der Waals surface area contributed by atoms with Crippen LogP contribution in [-0.4, -0.2) is 0 Å². The molecule has 0 aliphatic rings. The first-order valence-electron chi connectivity index (χ1n) is 3.14. The van der Waals surface area contributed by atoms with Gasteiger partial charge in [0.2, 0.25) is 3.79 Å². The molecule has 0 atom stereocenters. The summed E-state index contributed by atoms with van der Waals surface area (Å²) >= 11 is 17.1. The lowest BCUT2D eigenvalue weighted by Crippen LogP contribution is -2.01. The lowest BCUT2D eigenvalue weighted by Gasteiger charge is -2.13. The monoisotopic (exact) mass is 208 g/mol. The molecule has 60 valence electrons. The van der Waals surface area contributed by atoms with Crippen LogP contribution >= 0.6 is 34.8 Å². The van der Waals surface area contributed by atoms with Crippen molar-refractivity contribution in [2.75, 3.05) is 0 Å². The fraction of sp³-hybridized carbons (Fsp3) is 0.250. The van der Waals surface area contributed by atoms with Gasteiger partial charge in [0.25, 0.3) is 0 Å². The molecular weight excluding hydrogens is 202 g/mol. The molecule has 0 saturated heterocycles. The maximum Gasteiger partial charge on any atom is 0.216 e. The highest BCUT2D eigenvalue weighted by molar-refractivity contribution is 6.66. The summed E-state index contributed by atoms with van der Waals surface area (Å²) in [6.07, 6.45) is 0. The fourth-order valence-electron chi connectivity index (χ4n) is 0.891. The van der Waals surface area contributed by atoms with Crippen LogP contribution in [0.1, 0.15) is 11.1 Å². The third-order valence-electron chi connectivity index (χ3n) is 1.45. The van der Waals surface area contributed by atoms with Crippen molar-refractivity contribution in [3.05, 3.63) is 35.4 Å². The average molecular weight is 210 g/mol. The van der Waals surface area contributed by atoms with Gasteiger partial charge in [0, 0.05) is 5.56 Å². The van der Waals surface area contributed by atoms with E-state index in [0.717, 1.165) is 11.1 Å². The van der Waals surface area contributed by atoms with E-state index in [9.17, 15) is 0 Å². The van der Waals surface area contributed by atoms with Gasteiger partial charge in [0.05, 0.1) is 0 Å². The van der Waals surface area contributed by atoms with Crippen molar-refractivity contribution in [2.45, 2.75) is 10.7 Å². The Morgan fingerprint density at radius 2 is 1.64 bits per heavy atom. The Balaban J connectivity index is 3.14. The summed E-state index contributed by atoms with van der Waals surface area (Å²) in [5, 5.41) is 0. The van der Waals surface area contributed by atoms with E-state index < -0.39 is 3.79 Å². The standard InChI is InChI=1S/C8H7Cl3/c1-6-4-2-3-5-7(6)8(9,10)11/h2-5H,1H3. The number of alkyl halides is 3. The molecule has 0 radical (unpaired) electrons. The fourth-order valence-corrected chi connectivity index (χ4v) is 1.53. The molecule has 0 saturated carbocycles. The quantitative estimate of drug-likeness (QED) is 0.570. The minimum Gasteiger partial charge on any atom is -0.0784 e. The molecule has 0 nitrogen and oxygen atoms in total. The van der Waals surface area contributed by atoms with E-state index in [1.807, 2.05) is 31.2 Å². The zero-order chi connectivity index (χ0) is 8.48. The van der Waals surface area contributed by atoms with Crippen LogP contribution in [0.4, 0.5) is 0 Å². The SMILES string of the molecule is Cc1ccccc1C(Cl)(Cl)Cl. The molecule has 0 amide bonds. The van der Waals surface area contributed by atoms with Gasteiger partial charge in [-0.15, -0.1) is 0 Å². The summed E-state index contributed by atoms with van der Waals surface area (Å²) in [4.78, 5) is 0. The summed E-state index contributed by atoms with van der Waals surface area (Å²) in [6, 6.07) is 7.49. The molecule has 0 heterocycles. The van der Waals surface area contributed by atoms with Gasteiger partial charge in [-0.25, -0.2) is 0 Å². The molecule has 0 spiro atoms. The summed E-state index contributed by atoms with van der Waals surface area (Å²) in [5.41, 5.74) is 1.73. The van der Waals surface area contributed by atoms with Crippen molar-refractivity contribution in [2.24, 2.45) is 0 Å². The predicted molar refractivity (Wildman–Crippen MR) is 50.4 cm³/mol. The number of hydrogen-bond donors (Lipinski definition) is 0. The molecule has 0 fully saturated rings. The van der Waals surface area contributed by atoms with Crippen LogP contribution in [0.5, 0.6) is 0 Å². The number of halogens is 3. The first-order chi connectivity index (χ1) is 5.02. The van der Waals surface area contributed by atoms with Crippen LogP contribution in [0.3, 0.4) is 0 Å². The molecule has 0 bridgehead atoms. The molecule has 1 aromatic rings. The van der Waals surface area contributed by atoms with Crippen LogP contribution in [0.25, 0.3) is 0 Å². The van der Waals surface area contributed by atoms with Crippen molar-refractivity contribution < 1.29 is 0 Å². The second kappa shape index (κ2) is 3.22. The van der Waals surface area contributed by atoms with E-state index >= 15 is 0 Å². The third-order valence-corrected chi connectivity index (χ3v) is 2.06. The van der Waals surface area contributed by atoms with E-state index in [1.54, 1.807) is 0 Å². The van der Waals surface area contributed by atoms with Crippen molar-refractivity contribution in [3.8, 4) is 0 Å². The first kappa shape index (κ1) is 9.18. The first-order valence-corrected chi connectivity index (χ1v) is 4.28. The van der Waals surface area contributed by atoms with Crippen LogP contribution in [-0.2, 0) is 3.79 Å². The minimum atomic E-state index is -1.30. The second-order valence-corrected chi connectivity index (χ2v) is 4.59. The van der Waals surface area contributed by atoms with Gasteiger partial charge in [-0.1, -0.05) is 59.1 Å². The molecule has 11 heavy (non-hydrogen) atoms. The summed E-state index contributed by atoms with van der Waals surface area (Å²) in [7, 11) is 0. The van der Waals surface area contributed by atoms with Gasteiger partial charge in [0.1, 0.15) is 0 Å². The average Bonchev–Trinajstić information content (AvgIpc) is 1.86. The number of aryl methyl sites for hydroxylation is 1. The van der Waals surface area contributed by atoms with Crippen molar-refractivity contribution in [1.29, 1.82) is 0 Å². The van der Waals surface area contributed by atoms with Crippen LogP contribution in [0.2, 0.25) is 0 Å². The number of rotatable bonds is 0. The smallest absolute Gasteiger partial charge is 0.0784 e. The van der Waals surface area contributed by atoms with Crippen molar-refractivity contribution >= 4 is 34.8 Å². The Morgan fingerprint density at radius 3 is 2.00 bits per heavy atom. The Bertz CT molecular complexity index is 250. The number of benzene rings is 1. The molecule has 0 N–H and O–H groups in total. The Kier molecular flexibility index (Phi) is 2.69. The van der Waals surface area contributed by atoms with Crippen molar-refractivity contribution in [1.82, 2.24) is 0 Å². The van der Waals surface area contributed by atoms with E-state index in [1.165, 1.54) is 0 Å². The zero-order valence-electron chi connectivity index (χ0n) is 5.94. The van der Waals surface area contributed by atoms with Crippen LogP contribution in [0.15, 0.2) is 24.3 Å². The lowest BCUT2D eigenvalue weighted by atomic mass is 10.1. The number of hydrogen-bond acceptors (Lipinski definition) is 0. The van der Waals surface area contributed by atoms with Gasteiger partial charge < -0.3 is 0 Å². The van der Waals surface area contributed by atoms with E-state index in [2.05, 4.69) is 0 Å². The summed E-state index contributed by atoms with van der Waals surface area (Å²) in [6.45, 7) is 1.91. The Hall–Kier alpha value is 0.0900. The van der Waals surface area contributed by atoms with Gasteiger partial charge in [0.15, 0.2) is 0 Å². The zero-order valence-corrected chi connectivity index (χ0v) is 8.21. The Labute approximate surface area is 81.1 Å². The molecule has 0 aliphatic carbocycles. The maximum atomic E-state index is 5.69. The molecule has 0 aliphatic heterocycles. The van der Waals surface area contributed by atoms with Crippen LogP contribution in [0, 0.1) is 6.92 Å². The largest absolute Gasteiger partial charge is 0.216 e.